The first-order chi connectivity index (χ1) is 15.0. The van der Waals surface area contributed by atoms with Crippen molar-refractivity contribution in [2.75, 3.05) is 13.2 Å². The minimum atomic E-state index is -0.863. The Morgan fingerprint density at radius 3 is 2.77 bits per heavy atom. The Balaban J connectivity index is 1.43. The van der Waals surface area contributed by atoms with Gasteiger partial charge in [-0.3, -0.25) is 4.79 Å². The van der Waals surface area contributed by atoms with E-state index < -0.39 is 11.6 Å². The summed E-state index contributed by atoms with van der Waals surface area (Å²) < 4.78 is 51.3. The highest BCUT2D eigenvalue weighted by Crippen LogP contribution is 2.31. The number of halogens is 3. The minimum Gasteiger partial charge on any atom is -0.481 e. The Bertz CT molecular complexity index is 1070. The van der Waals surface area contributed by atoms with Crippen molar-refractivity contribution in [3.05, 3.63) is 83.3 Å². The Morgan fingerprint density at radius 2 is 1.97 bits per heavy atom. The molecule has 5 nitrogen and oxygen atoms in total. The predicted octanol–water partition coefficient (Wildman–Crippen LogP) is 4.82. The van der Waals surface area contributed by atoms with E-state index >= 15 is 0 Å². The van der Waals surface area contributed by atoms with Crippen LogP contribution in [0.15, 0.2) is 53.1 Å². The van der Waals surface area contributed by atoms with Gasteiger partial charge in [0.25, 0.3) is 5.91 Å². The van der Waals surface area contributed by atoms with Crippen LogP contribution in [0.1, 0.15) is 42.5 Å². The van der Waals surface area contributed by atoms with Crippen LogP contribution in [-0.4, -0.2) is 28.9 Å². The number of rotatable bonds is 6. The van der Waals surface area contributed by atoms with Crippen molar-refractivity contribution in [2.24, 2.45) is 0 Å². The van der Waals surface area contributed by atoms with Gasteiger partial charge in [-0.15, -0.1) is 0 Å². The van der Waals surface area contributed by atoms with Crippen LogP contribution in [-0.2, 0) is 11.2 Å². The number of ether oxygens (including phenoxy) is 1. The summed E-state index contributed by atoms with van der Waals surface area (Å²) >= 11 is 0. The van der Waals surface area contributed by atoms with Crippen molar-refractivity contribution in [1.29, 1.82) is 0 Å². The monoisotopic (exact) mass is 430 g/mol. The molecule has 1 aromatic heterocycles. The van der Waals surface area contributed by atoms with Crippen LogP contribution in [0, 0.1) is 17.5 Å². The highest BCUT2D eigenvalue weighted by atomic mass is 19.1. The van der Waals surface area contributed by atoms with E-state index in [1.165, 1.54) is 12.1 Å². The lowest BCUT2D eigenvalue weighted by molar-refractivity contribution is -0.137. The maximum atomic E-state index is 13.8. The molecule has 8 heteroatoms. The number of hydrogen-bond acceptors (Lipinski definition) is 4. The van der Waals surface area contributed by atoms with Crippen molar-refractivity contribution in [3.8, 4) is 5.75 Å². The third kappa shape index (κ3) is 5.07. The zero-order valence-electron chi connectivity index (χ0n) is 16.7. The Kier molecular flexibility index (Phi) is 6.25. The van der Waals surface area contributed by atoms with Crippen LogP contribution in [0.2, 0.25) is 0 Å². The van der Waals surface area contributed by atoms with E-state index in [1.54, 1.807) is 23.2 Å². The van der Waals surface area contributed by atoms with E-state index in [-0.39, 0.29) is 30.1 Å². The fourth-order valence-corrected chi connectivity index (χ4v) is 3.71. The minimum absolute atomic E-state index is 0.184. The molecule has 0 unspecified atom stereocenters. The second-order valence-corrected chi connectivity index (χ2v) is 7.43. The van der Waals surface area contributed by atoms with Crippen molar-refractivity contribution < 1.29 is 27.1 Å². The van der Waals surface area contributed by atoms with Crippen molar-refractivity contribution in [3.63, 3.8) is 0 Å². The van der Waals surface area contributed by atoms with Crippen LogP contribution >= 0.6 is 0 Å². The zero-order chi connectivity index (χ0) is 21.8. The molecule has 2 heterocycles. The molecule has 1 atom stereocenters. The van der Waals surface area contributed by atoms with Gasteiger partial charge in [0.15, 0.2) is 18.2 Å². The van der Waals surface area contributed by atoms with E-state index in [9.17, 15) is 18.0 Å². The number of piperidine rings is 1. The first kappa shape index (κ1) is 21.0. The van der Waals surface area contributed by atoms with Crippen molar-refractivity contribution >= 4 is 5.91 Å². The van der Waals surface area contributed by atoms with Gasteiger partial charge >= 0.3 is 0 Å². The molecule has 2 aromatic carbocycles. The van der Waals surface area contributed by atoms with Crippen LogP contribution < -0.4 is 4.74 Å². The molecule has 0 saturated carbocycles. The number of nitrogens with zero attached hydrogens (tertiary/aromatic N) is 2. The Labute approximate surface area is 177 Å². The topological polar surface area (TPSA) is 55.6 Å². The molecule has 1 amide bonds. The summed E-state index contributed by atoms with van der Waals surface area (Å²) in [4.78, 5) is 18.7. The maximum Gasteiger partial charge on any atom is 0.261 e. The fraction of sp³-hybridized carbons (Fsp3) is 0.304. The lowest BCUT2D eigenvalue weighted by atomic mass is 10.0. The molecule has 0 radical (unpaired) electrons. The molecular weight excluding hydrogens is 409 g/mol. The number of carbonyl (C=O) groups is 1. The normalized spacial score (nSPS) is 16.4. The number of carbonyl (C=O) groups excluding carboxylic acids is 1. The van der Waals surface area contributed by atoms with E-state index in [4.69, 9.17) is 9.15 Å². The summed E-state index contributed by atoms with van der Waals surface area (Å²) in [5.74, 6) is -1.44. The summed E-state index contributed by atoms with van der Waals surface area (Å²) in [6.07, 6.45) is 4.38. The van der Waals surface area contributed by atoms with Crippen LogP contribution in [0.25, 0.3) is 0 Å². The van der Waals surface area contributed by atoms with Crippen LogP contribution in [0.3, 0.4) is 0 Å². The predicted molar refractivity (Wildman–Crippen MR) is 106 cm³/mol. The van der Waals surface area contributed by atoms with E-state index in [0.29, 0.717) is 37.1 Å². The summed E-state index contributed by atoms with van der Waals surface area (Å²) in [5, 5.41) is 0. The lowest BCUT2D eigenvalue weighted by Crippen LogP contribution is -2.41. The number of oxazole rings is 1. The third-order valence-electron chi connectivity index (χ3n) is 5.19. The molecular formula is C23H21F3N2O3. The molecule has 3 aromatic rings. The standard InChI is InChI=1S/C23H21F3N2O3/c24-16-5-3-4-15(10-16)11-18-13-27-23(31-18)20-6-1-2-9-28(20)22(29)14-30-21-8-7-17(25)12-19(21)26/h3-5,7-8,10,12-13,20H,1-2,6,9,11,14H2/t20-/m0/s1. The molecule has 31 heavy (non-hydrogen) atoms. The summed E-state index contributed by atoms with van der Waals surface area (Å²) in [6, 6.07) is 8.81. The number of likely N-dealkylation sites (tertiary alicyclic amines) is 1. The van der Waals surface area contributed by atoms with Gasteiger partial charge < -0.3 is 14.1 Å². The zero-order valence-corrected chi connectivity index (χ0v) is 16.7. The van der Waals surface area contributed by atoms with Crippen LogP contribution in [0.4, 0.5) is 13.2 Å². The smallest absolute Gasteiger partial charge is 0.261 e. The fourth-order valence-electron chi connectivity index (χ4n) is 3.71. The molecule has 4 rings (SSSR count). The molecule has 0 aliphatic carbocycles. The molecule has 0 bridgehead atoms. The second-order valence-electron chi connectivity index (χ2n) is 7.43. The first-order valence-corrected chi connectivity index (χ1v) is 10.1. The largest absolute Gasteiger partial charge is 0.481 e. The molecule has 1 saturated heterocycles. The molecule has 162 valence electrons. The summed E-state index contributed by atoms with van der Waals surface area (Å²) in [5.41, 5.74) is 0.758. The van der Waals surface area contributed by atoms with Gasteiger partial charge in [0.05, 0.1) is 6.20 Å². The summed E-state index contributed by atoms with van der Waals surface area (Å²) in [7, 11) is 0. The van der Waals surface area contributed by atoms with Gasteiger partial charge in [-0.2, -0.15) is 0 Å². The number of benzene rings is 2. The number of amides is 1. The van der Waals surface area contributed by atoms with E-state index in [0.717, 1.165) is 30.5 Å². The van der Waals surface area contributed by atoms with E-state index in [2.05, 4.69) is 4.98 Å². The van der Waals surface area contributed by atoms with Gasteiger partial charge in [-0.25, -0.2) is 18.2 Å². The molecule has 1 aliphatic heterocycles. The quantitative estimate of drug-likeness (QED) is 0.563. The van der Waals surface area contributed by atoms with Gasteiger partial charge in [0.1, 0.15) is 23.4 Å². The highest BCUT2D eigenvalue weighted by molar-refractivity contribution is 5.78. The second kappa shape index (κ2) is 9.24. The number of aromatic nitrogens is 1. The SMILES string of the molecule is O=C(COc1ccc(F)cc1F)N1CCCC[C@H]1c1ncc(Cc2cccc(F)c2)o1. The Hall–Kier alpha value is -3.29. The average molecular weight is 430 g/mol. The first-order valence-electron chi connectivity index (χ1n) is 10.1. The summed E-state index contributed by atoms with van der Waals surface area (Å²) in [6.45, 7) is 0.121. The molecule has 0 N–H and O–H groups in total. The van der Waals surface area contributed by atoms with Gasteiger partial charge in [0.2, 0.25) is 5.89 Å². The average Bonchev–Trinajstić information content (AvgIpc) is 3.21. The van der Waals surface area contributed by atoms with Crippen LogP contribution in [0.5, 0.6) is 5.75 Å². The van der Waals surface area contributed by atoms with Gasteiger partial charge in [0, 0.05) is 19.0 Å². The number of hydrogen-bond donors (Lipinski definition) is 0. The molecule has 1 fully saturated rings. The van der Waals surface area contributed by atoms with Crippen molar-refractivity contribution in [1.82, 2.24) is 9.88 Å². The van der Waals surface area contributed by atoms with Crippen molar-refractivity contribution in [2.45, 2.75) is 31.7 Å². The lowest BCUT2D eigenvalue weighted by Gasteiger charge is -2.33. The van der Waals surface area contributed by atoms with Gasteiger partial charge in [-0.1, -0.05) is 12.1 Å². The molecule has 0 spiro atoms. The third-order valence-corrected chi connectivity index (χ3v) is 5.19. The van der Waals surface area contributed by atoms with Gasteiger partial charge in [-0.05, 0) is 49.1 Å². The molecule has 1 aliphatic rings. The highest BCUT2D eigenvalue weighted by Gasteiger charge is 2.31. The maximum absolute atomic E-state index is 13.8. The Morgan fingerprint density at radius 1 is 1.13 bits per heavy atom. The van der Waals surface area contributed by atoms with E-state index in [1.807, 2.05) is 0 Å².